The van der Waals surface area contributed by atoms with Gasteiger partial charge >= 0.3 is 5.97 Å². The summed E-state index contributed by atoms with van der Waals surface area (Å²) in [6.07, 6.45) is 0.514. The van der Waals surface area contributed by atoms with Crippen LogP contribution in [0.1, 0.15) is 32.1 Å². The van der Waals surface area contributed by atoms with Crippen LogP contribution < -0.4 is 0 Å². The van der Waals surface area contributed by atoms with Gasteiger partial charge in [-0.1, -0.05) is 23.2 Å². The molecule has 0 radical (unpaired) electrons. The molecule has 2 aromatic rings. The maximum Gasteiger partial charge on any atom is 0.358 e. The number of esters is 1. The highest BCUT2D eigenvalue weighted by molar-refractivity contribution is 6.35. The predicted octanol–water partition coefficient (Wildman–Crippen LogP) is 2.70. The number of aromatic amines is 1. The Hall–Kier alpha value is -2.05. The van der Waals surface area contributed by atoms with Crippen molar-refractivity contribution in [1.29, 1.82) is 0 Å². The lowest BCUT2D eigenvalue weighted by Gasteiger charge is -2.27. The van der Waals surface area contributed by atoms with Gasteiger partial charge in [0.05, 0.1) is 29.9 Å². The number of hydrogen-bond acceptors (Lipinski definition) is 4. The minimum atomic E-state index is -0.486. The summed E-state index contributed by atoms with van der Waals surface area (Å²) >= 11 is 12.0. The van der Waals surface area contributed by atoms with Crippen LogP contribution in [0.3, 0.4) is 0 Å². The number of H-pyrrole nitrogens is 1. The summed E-state index contributed by atoms with van der Waals surface area (Å²) in [6.45, 7) is 0.777. The molecule has 2 heterocycles. The monoisotopic (exact) mass is 353 g/mol. The summed E-state index contributed by atoms with van der Waals surface area (Å²) in [6, 6.07) is 4.78. The lowest BCUT2D eigenvalue weighted by molar-refractivity contribution is 0.0592. The number of carbonyl (C=O) groups is 2. The number of hydrogen-bond donors (Lipinski definition) is 1. The third-order valence-electron chi connectivity index (χ3n) is 3.76. The Morgan fingerprint density at radius 1 is 1.35 bits per heavy atom. The number of halogens is 2. The van der Waals surface area contributed by atoms with Gasteiger partial charge in [-0.25, -0.2) is 4.79 Å². The number of ether oxygens (including phenoxy) is 1. The lowest BCUT2D eigenvalue weighted by atomic mass is 10.0. The van der Waals surface area contributed by atoms with E-state index in [2.05, 4.69) is 10.2 Å². The van der Waals surface area contributed by atoms with Gasteiger partial charge in [0.25, 0.3) is 5.91 Å². The smallest absolute Gasteiger partial charge is 0.358 e. The highest BCUT2D eigenvalue weighted by atomic mass is 35.5. The first kappa shape index (κ1) is 15.8. The summed E-state index contributed by atoms with van der Waals surface area (Å²) < 4.78 is 4.70. The third kappa shape index (κ3) is 2.92. The van der Waals surface area contributed by atoms with E-state index >= 15 is 0 Å². The maximum absolute atomic E-state index is 12.6. The zero-order valence-corrected chi connectivity index (χ0v) is 13.7. The van der Waals surface area contributed by atoms with Crippen molar-refractivity contribution in [3.63, 3.8) is 0 Å². The van der Waals surface area contributed by atoms with Gasteiger partial charge in [0.1, 0.15) is 0 Å². The molecule has 6 nitrogen and oxygen atoms in total. The number of methoxy groups -OCH3 is 1. The summed E-state index contributed by atoms with van der Waals surface area (Å²) in [5, 5.41) is 7.58. The van der Waals surface area contributed by atoms with Crippen molar-refractivity contribution < 1.29 is 14.3 Å². The first-order valence-electron chi connectivity index (χ1n) is 6.90. The average Bonchev–Trinajstić information content (AvgIpc) is 2.98. The SMILES string of the molecule is COC(=O)c1n[nH]c2c1CCN(C(=O)c1cc(Cl)ccc1Cl)C2. The van der Waals surface area contributed by atoms with Gasteiger partial charge in [-0.15, -0.1) is 0 Å². The molecule has 0 aliphatic carbocycles. The van der Waals surface area contributed by atoms with Crippen LogP contribution in [0.4, 0.5) is 0 Å². The Labute approximate surface area is 142 Å². The van der Waals surface area contributed by atoms with Gasteiger partial charge < -0.3 is 9.64 Å². The van der Waals surface area contributed by atoms with E-state index in [1.165, 1.54) is 7.11 Å². The molecule has 0 spiro atoms. The zero-order chi connectivity index (χ0) is 16.6. The van der Waals surface area contributed by atoms with Crippen LogP contribution in [0, 0.1) is 0 Å². The second kappa shape index (κ2) is 6.22. The summed E-state index contributed by atoms with van der Waals surface area (Å²) in [5.41, 5.74) is 2.15. The van der Waals surface area contributed by atoms with Crippen molar-refractivity contribution in [3.8, 4) is 0 Å². The fourth-order valence-corrected chi connectivity index (χ4v) is 2.96. The molecule has 23 heavy (non-hydrogen) atoms. The molecule has 0 saturated heterocycles. The normalized spacial score (nSPS) is 13.6. The molecule has 1 amide bonds. The minimum Gasteiger partial charge on any atom is -0.464 e. The number of fused-ring (bicyclic) bond motifs is 1. The van der Waals surface area contributed by atoms with E-state index in [0.29, 0.717) is 35.1 Å². The van der Waals surface area contributed by atoms with Crippen LogP contribution in [0.25, 0.3) is 0 Å². The Balaban J connectivity index is 1.85. The van der Waals surface area contributed by atoms with E-state index in [4.69, 9.17) is 27.9 Å². The van der Waals surface area contributed by atoms with Crippen molar-refractivity contribution in [3.05, 3.63) is 50.8 Å². The number of rotatable bonds is 2. The fourth-order valence-electron chi connectivity index (χ4n) is 2.59. The van der Waals surface area contributed by atoms with Crippen LogP contribution >= 0.6 is 23.2 Å². The van der Waals surface area contributed by atoms with E-state index in [9.17, 15) is 9.59 Å². The molecular weight excluding hydrogens is 341 g/mol. The maximum atomic E-state index is 12.6. The minimum absolute atomic E-state index is 0.211. The molecular formula is C15H13Cl2N3O3. The van der Waals surface area contributed by atoms with Crippen LogP contribution in [-0.4, -0.2) is 40.6 Å². The van der Waals surface area contributed by atoms with Gasteiger partial charge in [-0.2, -0.15) is 5.10 Å². The molecule has 0 bridgehead atoms. The Morgan fingerprint density at radius 3 is 2.87 bits per heavy atom. The summed E-state index contributed by atoms with van der Waals surface area (Å²) in [5.74, 6) is -0.697. The Kier molecular flexibility index (Phi) is 4.28. The lowest BCUT2D eigenvalue weighted by Crippen LogP contribution is -2.36. The first-order valence-corrected chi connectivity index (χ1v) is 7.65. The molecule has 0 fully saturated rings. The highest BCUT2D eigenvalue weighted by Crippen LogP contribution is 2.26. The molecule has 0 atom stereocenters. The van der Waals surface area contributed by atoms with E-state index < -0.39 is 5.97 Å². The van der Waals surface area contributed by atoms with Gasteiger partial charge in [0, 0.05) is 17.1 Å². The largest absolute Gasteiger partial charge is 0.464 e. The van der Waals surface area contributed by atoms with Crippen molar-refractivity contribution in [1.82, 2.24) is 15.1 Å². The third-order valence-corrected chi connectivity index (χ3v) is 4.32. The van der Waals surface area contributed by atoms with Crippen molar-refractivity contribution in [2.45, 2.75) is 13.0 Å². The van der Waals surface area contributed by atoms with Crippen molar-refractivity contribution >= 4 is 35.1 Å². The number of nitrogens with one attached hydrogen (secondary N) is 1. The molecule has 1 aromatic heterocycles. The molecule has 0 unspecified atom stereocenters. The number of amides is 1. The second-order valence-electron chi connectivity index (χ2n) is 5.12. The number of aromatic nitrogens is 2. The van der Waals surface area contributed by atoms with Crippen molar-refractivity contribution in [2.75, 3.05) is 13.7 Å². The highest BCUT2D eigenvalue weighted by Gasteiger charge is 2.29. The molecule has 1 N–H and O–H groups in total. The Morgan fingerprint density at radius 2 is 2.13 bits per heavy atom. The van der Waals surface area contributed by atoms with Gasteiger partial charge in [0.2, 0.25) is 0 Å². The van der Waals surface area contributed by atoms with Crippen LogP contribution in [0.5, 0.6) is 0 Å². The molecule has 120 valence electrons. The predicted molar refractivity (Wildman–Crippen MR) is 84.8 cm³/mol. The van der Waals surface area contributed by atoms with Crippen LogP contribution in [0.2, 0.25) is 10.0 Å². The second-order valence-corrected chi connectivity index (χ2v) is 5.97. The van der Waals surface area contributed by atoms with E-state index in [1.807, 2.05) is 0 Å². The molecule has 8 heteroatoms. The molecule has 0 saturated carbocycles. The average molecular weight is 354 g/mol. The molecule has 1 aliphatic rings. The number of carbonyl (C=O) groups excluding carboxylic acids is 2. The van der Waals surface area contributed by atoms with Gasteiger partial charge in [0.15, 0.2) is 5.69 Å². The topological polar surface area (TPSA) is 75.3 Å². The van der Waals surface area contributed by atoms with E-state index in [-0.39, 0.29) is 11.6 Å². The summed E-state index contributed by atoms with van der Waals surface area (Å²) in [4.78, 5) is 25.9. The van der Waals surface area contributed by atoms with Crippen LogP contribution in [-0.2, 0) is 17.7 Å². The van der Waals surface area contributed by atoms with E-state index in [0.717, 1.165) is 11.3 Å². The molecule has 3 rings (SSSR count). The van der Waals surface area contributed by atoms with Crippen molar-refractivity contribution in [2.24, 2.45) is 0 Å². The fraction of sp³-hybridized carbons (Fsp3) is 0.267. The number of benzene rings is 1. The van der Waals surface area contributed by atoms with E-state index in [1.54, 1.807) is 23.1 Å². The van der Waals surface area contributed by atoms with Gasteiger partial charge in [-0.3, -0.25) is 9.89 Å². The zero-order valence-electron chi connectivity index (χ0n) is 12.2. The van der Waals surface area contributed by atoms with Crippen LogP contribution in [0.15, 0.2) is 18.2 Å². The quantitative estimate of drug-likeness (QED) is 0.842. The summed E-state index contributed by atoms with van der Waals surface area (Å²) in [7, 11) is 1.31. The number of nitrogens with zero attached hydrogens (tertiary/aromatic N) is 2. The Bertz CT molecular complexity index is 788. The van der Waals surface area contributed by atoms with Gasteiger partial charge in [-0.05, 0) is 24.6 Å². The molecule has 1 aliphatic heterocycles. The molecule has 1 aromatic carbocycles. The first-order chi connectivity index (χ1) is 11.0. The standard InChI is InChI=1S/C15H13Cl2N3O3/c1-23-15(22)13-9-4-5-20(7-12(9)18-19-13)14(21)10-6-8(16)2-3-11(10)17/h2-3,6H,4-5,7H2,1H3,(H,18,19).